The number of unbranched alkanes of at least 4 members (excludes halogenated alkanes) is 6. The highest BCUT2D eigenvalue weighted by Crippen LogP contribution is 2.24. The van der Waals surface area contributed by atoms with Crippen LogP contribution in [0.2, 0.25) is 0 Å². The normalized spacial score (nSPS) is 30.3. The molecule has 7 nitrogen and oxygen atoms in total. The fourth-order valence-corrected chi connectivity index (χ4v) is 3.08. The Kier molecular flexibility index (Phi) is 9.76. The van der Waals surface area contributed by atoms with Gasteiger partial charge >= 0.3 is 0 Å². The number of ether oxygens (including phenoxy) is 1. The van der Waals surface area contributed by atoms with E-state index in [4.69, 9.17) is 9.84 Å². The van der Waals surface area contributed by atoms with E-state index in [1.807, 2.05) is 0 Å². The molecule has 0 saturated carbocycles. The molecule has 0 bridgehead atoms. The predicted molar refractivity (Wildman–Crippen MR) is 89.1 cm³/mol. The number of hydrogen-bond donors (Lipinski definition) is 4. The molecular weight excluding hydrogens is 314 g/mol. The van der Waals surface area contributed by atoms with Crippen molar-refractivity contribution in [3.05, 3.63) is 0 Å². The van der Waals surface area contributed by atoms with Gasteiger partial charge in [-0.25, -0.2) is 0 Å². The molecule has 1 aliphatic heterocycles. The maximum absolute atomic E-state index is 12.2. The van der Waals surface area contributed by atoms with Gasteiger partial charge in [0, 0.05) is 13.5 Å². The van der Waals surface area contributed by atoms with Crippen molar-refractivity contribution in [1.82, 2.24) is 4.90 Å². The molecule has 1 heterocycles. The fourth-order valence-electron chi connectivity index (χ4n) is 3.08. The molecule has 24 heavy (non-hydrogen) atoms. The van der Waals surface area contributed by atoms with Gasteiger partial charge in [-0.3, -0.25) is 4.79 Å². The molecule has 1 rings (SSSR count). The number of nitrogens with zero attached hydrogens (tertiary/aromatic N) is 1. The lowest BCUT2D eigenvalue weighted by Gasteiger charge is -2.43. The summed E-state index contributed by atoms with van der Waals surface area (Å²) in [5.41, 5.74) is 0. The van der Waals surface area contributed by atoms with Crippen molar-refractivity contribution < 1.29 is 30.0 Å². The predicted octanol–water partition coefficient (Wildman–Crippen LogP) is 0.385. The second kappa shape index (κ2) is 11.0. The molecule has 142 valence electrons. The van der Waals surface area contributed by atoms with Crippen LogP contribution in [-0.2, 0) is 9.53 Å². The first kappa shape index (κ1) is 21.3. The number of carbonyl (C=O) groups is 1. The Bertz CT molecular complexity index is 367. The molecule has 1 fully saturated rings. The van der Waals surface area contributed by atoms with E-state index >= 15 is 0 Å². The summed E-state index contributed by atoms with van der Waals surface area (Å²) >= 11 is 0. The summed E-state index contributed by atoms with van der Waals surface area (Å²) in [6.45, 7) is 1.66. The van der Waals surface area contributed by atoms with Crippen LogP contribution in [0.15, 0.2) is 0 Å². The first-order valence-electron chi connectivity index (χ1n) is 9.00. The highest BCUT2D eigenvalue weighted by molar-refractivity contribution is 5.76. The minimum Gasteiger partial charge on any atom is -0.394 e. The fraction of sp³-hybridized carbons (Fsp3) is 0.941. The van der Waals surface area contributed by atoms with Crippen LogP contribution in [0.25, 0.3) is 0 Å². The minimum atomic E-state index is -1.44. The topological polar surface area (TPSA) is 110 Å². The number of rotatable bonds is 10. The smallest absolute Gasteiger partial charge is 0.222 e. The zero-order valence-electron chi connectivity index (χ0n) is 14.8. The van der Waals surface area contributed by atoms with Crippen LogP contribution in [0, 0.1) is 0 Å². The Balaban J connectivity index is 2.39. The van der Waals surface area contributed by atoms with Crippen molar-refractivity contribution in [3.8, 4) is 0 Å². The number of amides is 1. The summed E-state index contributed by atoms with van der Waals surface area (Å²) < 4.78 is 5.08. The van der Waals surface area contributed by atoms with Gasteiger partial charge in [-0.05, 0) is 6.42 Å². The molecule has 0 aliphatic carbocycles. The minimum absolute atomic E-state index is 0.204. The van der Waals surface area contributed by atoms with Crippen LogP contribution in [0.4, 0.5) is 0 Å². The summed E-state index contributed by atoms with van der Waals surface area (Å²) in [6, 6.07) is -1.04. The third-order valence-electron chi connectivity index (χ3n) is 4.70. The average molecular weight is 347 g/mol. The monoisotopic (exact) mass is 347 g/mol. The highest BCUT2D eigenvalue weighted by atomic mass is 16.6. The molecule has 1 saturated heterocycles. The second-order valence-electron chi connectivity index (χ2n) is 6.60. The SMILES string of the molecule is CCCCCCCCCC(=O)N(C)[C@H]1C(O)O[C@H](CO)[C@@H](O)[C@@H]1O. The van der Waals surface area contributed by atoms with E-state index in [0.29, 0.717) is 6.42 Å². The van der Waals surface area contributed by atoms with E-state index in [2.05, 4.69) is 6.92 Å². The van der Waals surface area contributed by atoms with Crippen molar-refractivity contribution in [2.45, 2.75) is 88.9 Å². The Morgan fingerprint density at radius 3 is 2.17 bits per heavy atom. The van der Waals surface area contributed by atoms with E-state index in [-0.39, 0.29) is 5.91 Å². The second-order valence-corrected chi connectivity index (χ2v) is 6.60. The number of likely N-dealkylation sites (N-methyl/N-ethyl adjacent to an activating group) is 1. The molecule has 1 amide bonds. The maximum Gasteiger partial charge on any atom is 0.222 e. The third kappa shape index (κ3) is 5.97. The van der Waals surface area contributed by atoms with E-state index in [1.165, 1.54) is 37.6 Å². The Morgan fingerprint density at radius 2 is 1.58 bits per heavy atom. The van der Waals surface area contributed by atoms with Gasteiger partial charge in [0.2, 0.25) is 5.91 Å². The van der Waals surface area contributed by atoms with Crippen LogP contribution in [0.5, 0.6) is 0 Å². The lowest BCUT2D eigenvalue weighted by atomic mass is 9.95. The van der Waals surface area contributed by atoms with Crippen LogP contribution in [0.3, 0.4) is 0 Å². The molecular formula is C17H33NO6. The van der Waals surface area contributed by atoms with Gasteiger partial charge < -0.3 is 30.1 Å². The van der Waals surface area contributed by atoms with Crippen molar-refractivity contribution in [2.75, 3.05) is 13.7 Å². The summed E-state index contributed by atoms with van der Waals surface area (Å²) in [4.78, 5) is 13.5. The number of aliphatic hydroxyl groups excluding tert-OH is 4. The van der Waals surface area contributed by atoms with Crippen molar-refractivity contribution in [3.63, 3.8) is 0 Å². The summed E-state index contributed by atoms with van der Waals surface area (Å²) in [7, 11) is 1.48. The van der Waals surface area contributed by atoms with Crippen molar-refractivity contribution in [1.29, 1.82) is 0 Å². The maximum atomic E-state index is 12.2. The quantitative estimate of drug-likeness (QED) is 0.425. The lowest BCUT2D eigenvalue weighted by molar-refractivity contribution is -0.268. The van der Waals surface area contributed by atoms with Crippen LogP contribution in [0.1, 0.15) is 58.3 Å². The van der Waals surface area contributed by atoms with Gasteiger partial charge in [0.05, 0.1) is 6.61 Å². The van der Waals surface area contributed by atoms with Gasteiger partial charge in [0.1, 0.15) is 24.4 Å². The third-order valence-corrected chi connectivity index (χ3v) is 4.70. The first-order chi connectivity index (χ1) is 11.4. The van der Waals surface area contributed by atoms with E-state index in [1.54, 1.807) is 0 Å². The molecule has 0 aromatic carbocycles. The summed E-state index contributed by atoms with van der Waals surface area (Å²) in [5.74, 6) is -0.204. The van der Waals surface area contributed by atoms with Crippen LogP contribution < -0.4 is 0 Å². The summed E-state index contributed by atoms with van der Waals surface area (Å²) in [5, 5.41) is 39.1. The van der Waals surface area contributed by atoms with Gasteiger partial charge in [-0.2, -0.15) is 0 Å². The number of aliphatic hydroxyl groups is 4. The van der Waals surface area contributed by atoms with Gasteiger partial charge in [-0.15, -0.1) is 0 Å². The van der Waals surface area contributed by atoms with Crippen molar-refractivity contribution >= 4 is 5.91 Å². The molecule has 0 aromatic heterocycles. The van der Waals surface area contributed by atoms with Gasteiger partial charge in [0.15, 0.2) is 6.29 Å². The van der Waals surface area contributed by atoms with Gasteiger partial charge in [-0.1, -0.05) is 45.4 Å². The molecule has 5 atom stereocenters. The molecule has 0 spiro atoms. The molecule has 1 aliphatic rings. The van der Waals surface area contributed by atoms with E-state index in [9.17, 15) is 20.1 Å². The number of hydrogen-bond acceptors (Lipinski definition) is 6. The number of carbonyl (C=O) groups excluding carboxylic acids is 1. The molecule has 0 radical (unpaired) electrons. The summed E-state index contributed by atoms with van der Waals surface area (Å²) in [6.07, 6.45) is 2.82. The highest BCUT2D eigenvalue weighted by Gasteiger charge is 2.46. The Labute approximate surface area is 144 Å². The molecule has 4 N–H and O–H groups in total. The van der Waals surface area contributed by atoms with Gasteiger partial charge in [0.25, 0.3) is 0 Å². The molecule has 0 aromatic rings. The standard InChI is InChI=1S/C17H33NO6/c1-3-4-5-6-7-8-9-10-13(20)18(2)14-16(22)15(21)12(11-19)24-17(14)23/h12,14-17,19,21-23H,3-11H2,1-2H3/t12-,14-,15-,16-,17?/m1/s1. The largest absolute Gasteiger partial charge is 0.394 e. The molecule has 7 heteroatoms. The lowest BCUT2D eigenvalue weighted by Crippen LogP contribution is -2.64. The average Bonchev–Trinajstić information content (AvgIpc) is 2.57. The first-order valence-corrected chi connectivity index (χ1v) is 9.00. The zero-order valence-corrected chi connectivity index (χ0v) is 14.8. The van der Waals surface area contributed by atoms with E-state index in [0.717, 1.165) is 19.3 Å². The van der Waals surface area contributed by atoms with Crippen LogP contribution >= 0.6 is 0 Å². The Morgan fingerprint density at radius 1 is 1.00 bits per heavy atom. The van der Waals surface area contributed by atoms with Crippen LogP contribution in [-0.4, -0.2) is 75.5 Å². The molecule has 1 unspecified atom stereocenters. The van der Waals surface area contributed by atoms with Crippen molar-refractivity contribution in [2.24, 2.45) is 0 Å². The van der Waals surface area contributed by atoms with E-state index < -0.39 is 37.3 Å². The Hall–Kier alpha value is -0.730. The zero-order chi connectivity index (χ0) is 18.1.